The van der Waals surface area contributed by atoms with Gasteiger partial charge >= 0.3 is 11.9 Å². The molecule has 0 aliphatic rings. The minimum Gasteiger partial charge on any atom is -0.480 e. The summed E-state index contributed by atoms with van der Waals surface area (Å²) >= 11 is 0. The van der Waals surface area contributed by atoms with E-state index in [1.807, 2.05) is 4.72 Å². The van der Waals surface area contributed by atoms with Crippen LogP contribution in [0.25, 0.3) is 0 Å². The molecule has 0 radical (unpaired) electrons. The highest BCUT2D eigenvalue weighted by molar-refractivity contribution is 7.89. The first-order valence-electron chi connectivity index (χ1n) is 5.26. The average molecular weight is 296 g/mol. The molecule has 0 aromatic carbocycles. The highest BCUT2D eigenvalue weighted by Crippen LogP contribution is 2.01. The van der Waals surface area contributed by atoms with E-state index in [9.17, 15) is 22.8 Å². The van der Waals surface area contributed by atoms with E-state index in [1.165, 1.54) is 0 Å². The van der Waals surface area contributed by atoms with Crippen LogP contribution in [0, 0.1) is 0 Å². The summed E-state index contributed by atoms with van der Waals surface area (Å²) < 4.78 is 29.2. The minimum absolute atomic E-state index is 0.262. The summed E-state index contributed by atoms with van der Waals surface area (Å²) in [7, 11) is -2.86. The molecule has 0 aromatic rings. The van der Waals surface area contributed by atoms with Gasteiger partial charge in [0.15, 0.2) is 0 Å². The predicted octanol–water partition coefficient (Wildman–Crippen LogP) is -1.81. The molecule has 0 aromatic heterocycles. The molecule has 1 amide bonds. The lowest BCUT2D eigenvalue weighted by molar-refractivity contribution is -0.140. The molecule has 0 spiro atoms. The average Bonchev–Trinajstić information content (AvgIpc) is 2.31. The zero-order valence-corrected chi connectivity index (χ0v) is 11.1. The summed E-state index contributed by atoms with van der Waals surface area (Å²) in [5.74, 6) is -3.49. The van der Waals surface area contributed by atoms with Crippen molar-refractivity contribution in [2.24, 2.45) is 5.73 Å². The Morgan fingerprint density at radius 1 is 1.32 bits per heavy atom. The Morgan fingerprint density at radius 2 is 1.89 bits per heavy atom. The second kappa shape index (κ2) is 7.69. The lowest BCUT2D eigenvalue weighted by Gasteiger charge is -2.13. The van der Waals surface area contributed by atoms with E-state index in [4.69, 9.17) is 10.8 Å². The monoisotopic (exact) mass is 296 g/mol. The van der Waals surface area contributed by atoms with Crippen molar-refractivity contribution in [3.8, 4) is 0 Å². The van der Waals surface area contributed by atoms with Crippen LogP contribution in [-0.4, -0.2) is 50.3 Å². The molecule has 4 N–H and O–H groups in total. The smallest absolute Gasteiger partial charge is 0.321 e. The number of ether oxygens (including phenoxy) is 1. The molecule has 0 aliphatic carbocycles. The first kappa shape index (κ1) is 17.3. The van der Waals surface area contributed by atoms with Crippen molar-refractivity contribution in [3.63, 3.8) is 0 Å². The van der Waals surface area contributed by atoms with Gasteiger partial charge in [0, 0.05) is 6.42 Å². The standard InChI is InChI=1S/C9H16N2O7S/c1-18-8(13)4-5-19(16,17)11-6(9(14)15)2-3-7(10)12/h6,11H,2-5H2,1H3,(H2,10,12)(H,14,15)/t6-/m1/s1. The molecule has 19 heavy (non-hydrogen) atoms. The molecule has 0 unspecified atom stereocenters. The van der Waals surface area contributed by atoms with Gasteiger partial charge in [0.05, 0.1) is 19.3 Å². The number of primary amides is 1. The Balaban J connectivity index is 4.51. The topological polar surface area (TPSA) is 153 Å². The van der Waals surface area contributed by atoms with Crippen molar-refractivity contribution < 1.29 is 32.6 Å². The van der Waals surface area contributed by atoms with Gasteiger partial charge in [-0.25, -0.2) is 13.1 Å². The third-order valence-corrected chi connectivity index (χ3v) is 3.49. The molecule has 0 heterocycles. The maximum Gasteiger partial charge on any atom is 0.321 e. The first-order valence-corrected chi connectivity index (χ1v) is 6.91. The molecule has 0 saturated heterocycles. The molecule has 10 heteroatoms. The normalized spacial score (nSPS) is 12.7. The van der Waals surface area contributed by atoms with E-state index in [0.717, 1.165) is 7.11 Å². The summed E-state index contributed by atoms with van der Waals surface area (Å²) in [5.41, 5.74) is 4.85. The van der Waals surface area contributed by atoms with Crippen LogP contribution in [0.5, 0.6) is 0 Å². The SMILES string of the molecule is COC(=O)CCS(=O)(=O)N[C@H](CCC(N)=O)C(=O)O. The molecular formula is C9H16N2O7S. The van der Waals surface area contributed by atoms with Crippen molar-refractivity contribution in [2.45, 2.75) is 25.3 Å². The maximum atomic E-state index is 11.5. The largest absolute Gasteiger partial charge is 0.480 e. The van der Waals surface area contributed by atoms with Gasteiger partial charge in [-0.3, -0.25) is 14.4 Å². The molecule has 0 rings (SSSR count). The molecule has 0 fully saturated rings. The van der Waals surface area contributed by atoms with E-state index in [0.29, 0.717) is 0 Å². The fraction of sp³-hybridized carbons (Fsp3) is 0.667. The van der Waals surface area contributed by atoms with Crippen molar-refractivity contribution in [1.29, 1.82) is 0 Å². The number of nitrogens with two attached hydrogens (primary N) is 1. The fourth-order valence-electron chi connectivity index (χ4n) is 1.11. The minimum atomic E-state index is -3.96. The summed E-state index contributed by atoms with van der Waals surface area (Å²) in [6, 6.07) is -1.46. The van der Waals surface area contributed by atoms with E-state index in [2.05, 4.69) is 4.74 Å². The van der Waals surface area contributed by atoms with Crippen molar-refractivity contribution in [1.82, 2.24) is 4.72 Å². The number of hydrogen-bond acceptors (Lipinski definition) is 6. The van der Waals surface area contributed by atoms with Crippen molar-refractivity contribution in [3.05, 3.63) is 0 Å². The van der Waals surface area contributed by atoms with Crippen LogP contribution in [-0.2, 0) is 29.1 Å². The van der Waals surface area contributed by atoms with Crippen LogP contribution in [0.4, 0.5) is 0 Å². The fourth-order valence-corrected chi connectivity index (χ4v) is 2.32. The molecule has 0 bridgehead atoms. The van der Waals surface area contributed by atoms with Crippen molar-refractivity contribution in [2.75, 3.05) is 12.9 Å². The third kappa shape index (κ3) is 8.11. The number of esters is 1. The van der Waals surface area contributed by atoms with Crippen LogP contribution in [0.3, 0.4) is 0 Å². The first-order chi connectivity index (χ1) is 8.68. The van der Waals surface area contributed by atoms with Gasteiger partial charge in [-0.15, -0.1) is 0 Å². The van der Waals surface area contributed by atoms with Crippen LogP contribution < -0.4 is 10.5 Å². The van der Waals surface area contributed by atoms with E-state index in [1.54, 1.807) is 0 Å². The number of methoxy groups -OCH3 is 1. The maximum absolute atomic E-state index is 11.5. The van der Waals surface area contributed by atoms with E-state index >= 15 is 0 Å². The number of carboxylic acids is 1. The summed E-state index contributed by atoms with van der Waals surface area (Å²) in [6.07, 6.45) is -0.924. The molecule has 1 atom stereocenters. The number of amides is 1. The number of carboxylic acid groups (broad SMARTS) is 1. The lowest BCUT2D eigenvalue weighted by Crippen LogP contribution is -2.42. The van der Waals surface area contributed by atoms with Gasteiger partial charge in [-0.2, -0.15) is 0 Å². The van der Waals surface area contributed by atoms with Gasteiger partial charge in [0.25, 0.3) is 0 Å². The Bertz CT molecular complexity index is 445. The zero-order valence-electron chi connectivity index (χ0n) is 10.3. The number of aliphatic carboxylic acids is 1. The molecule has 0 aliphatic heterocycles. The molecule has 110 valence electrons. The van der Waals surface area contributed by atoms with Crippen molar-refractivity contribution >= 4 is 27.9 Å². The number of rotatable bonds is 9. The van der Waals surface area contributed by atoms with Gasteiger partial charge in [0.2, 0.25) is 15.9 Å². The summed E-state index contributed by atoms with van der Waals surface area (Å²) in [6.45, 7) is 0. The van der Waals surface area contributed by atoms with Gasteiger partial charge in [-0.05, 0) is 6.42 Å². The van der Waals surface area contributed by atoms with E-state index < -0.39 is 46.1 Å². The molecule has 0 saturated carbocycles. The molecule has 9 nitrogen and oxygen atoms in total. The second-order valence-electron chi connectivity index (χ2n) is 3.66. The number of hydrogen-bond donors (Lipinski definition) is 3. The quantitative estimate of drug-likeness (QED) is 0.424. The number of sulfonamides is 1. The Hall–Kier alpha value is -1.68. The molecular weight excluding hydrogens is 280 g/mol. The highest BCUT2D eigenvalue weighted by Gasteiger charge is 2.24. The van der Waals surface area contributed by atoms with Crippen LogP contribution in [0.2, 0.25) is 0 Å². The number of nitrogens with one attached hydrogen (secondary N) is 1. The Kier molecular flexibility index (Phi) is 7.01. The third-order valence-electron chi connectivity index (χ3n) is 2.10. The second-order valence-corrected chi connectivity index (χ2v) is 5.53. The van der Waals surface area contributed by atoms with E-state index in [-0.39, 0.29) is 12.8 Å². The lowest BCUT2D eigenvalue weighted by atomic mass is 10.2. The van der Waals surface area contributed by atoms with Crippen LogP contribution >= 0.6 is 0 Å². The Morgan fingerprint density at radius 3 is 2.32 bits per heavy atom. The number of carbonyl (C=O) groups excluding carboxylic acids is 2. The summed E-state index contributed by atoms with van der Waals surface area (Å²) in [5, 5.41) is 8.80. The predicted molar refractivity (Wildman–Crippen MR) is 63.4 cm³/mol. The summed E-state index contributed by atoms with van der Waals surface area (Å²) in [4.78, 5) is 32.2. The van der Waals surface area contributed by atoms with Gasteiger partial charge in [-0.1, -0.05) is 0 Å². The van der Waals surface area contributed by atoms with Crippen LogP contribution in [0.15, 0.2) is 0 Å². The highest BCUT2D eigenvalue weighted by atomic mass is 32.2. The zero-order chi connectivity index (χ0) is 15.1. The Labute approximate surface area is 110 Å². The number of carbonyl (C=O) groups is 3. The van der Waals surface area contributed by atoms with Gasteiger partial charge in [0.1, 0.15) is 6.04 Å². The van der Waals surface area contributed by atoms with Crippen LogP contribution in [0.1, 0.15) is 19.3 Å². The van der Waals surface area contributed by atoms with Gasteiger partial charge < -0.3 is 15.6 Å².